The average molecular weight is 466 g/mol. The highest BCUT2D eigenvalue weighted by atomic mass is 32.2. The molecule has 0 spiro atoms. The summed E-state index contributed by atoms with van der Waals surface area (Å²) in [5.41, 5.74) is 1.15. The van der Waals surface area contributed by atoms with Crippen molar-refractivity contribution in [2.75, 3.05) is 0 Å². The molecule has 0 radical (unpaired) electrons. The van der Waals surface area contributed by atoms with Crippen LogP contribution < -0.4 is 5.43 Å². The molecule has 0 saturated carbocycles. The number of hydrogen-bond acceptors (Lipinski definition) is 5. The van der Waals surface area contributed by atoms with Crippen LogP contribution in [0.2, 0.25) is 0 Å². The molecule has 3 aromatic rings. The standard InChI is InChI=1S/C21H17F3N2O5S/c22-21(23,24)15-7-9-19(32(28,29)30)18(12-15)17-6-2-1-4-14(17)13-25-26-20(27)10-8-16-5-3-11-31-16/h1-7,9,11-13H,8,10H2,(H,26,27)(H,28,29,30)/b25-13+. The maximum absolute atomic E-state index is 13.2. The highest BCUT2D eigenvalue weighted by Gasteiger charge is 2.32. The number of hydrogen-bond donors (Lipinski definition) is 2. The summed E-state index contributed by atoms with van der Waals surface area (Å²) in [5.74, 6) is 0.199. The van der Waals surface area contributed by atoms with Crippen LogP contribution in [0.3, 0.4) is 0 Å². The maximum atomic E-state index is 13.2. The molecular weight excluding hydrogens is 449 g/mol. The monoisotopic (exact) mass is 466 g/mol. The Kier molecular flexibility index (Phi) is 6.80. The largest absolute Gasteiger partial charge is 0.469 e. The number of benzene rings is 2. The minimum absolute atomic E-state index is 0.0693. The fourth-order valence-corrected chi connectivity index (χ4v) is 3.60. The van der Waals surface area contributed by atoms with Crippen molar-refractivity contribution in [2.45, 2.75) is 23.9 Å². The fraction of sp³-hybridized carbons (Fsp3) is 0.143. The van der Waals surface area contributed by atoms with E-state index in [4.69, 9.17) is 4.42 Å². The number of furan rings is 1. The van der Waals surface area contributed by atoms with Gasteiger partial charge in [0, 0.05) is 24.0 Å². The van der Waals surface area contributed by atoms with E-state index in [1.807, 2.05) is 0 Å². The number of carbonyl (C=O) groups excluding carboxylic acids is 1. The number of nitrogens with zero attached hydrogens (tertiary/aromatic N) is 1. The van der Waals surface area contributed by atoms with Gasteiger partial charge < -0.3 is 4.42 Å². The first-order chi connectivity index (χ1) is 15.1. The summed E-state index contributed by atoms with van der Waals surface area (Å²) >= 11 is 0. The summed E-state index contributed by atoms with van der Waals surface area (Å²) in [6, 6.07) is 11.2. The normalized spacial score (nSPS) is 12.2. The number of halogens is 3. The molecule has 7 nitrogen and oxygen atoms in total. The molecule has 2 N–H and O–H groups in total. The van der Waals surface area contributed by atoms with Crippen molar-refractivity contribution in [1.29, 1.82) is 0 Å². The number of carbonyl (C=O) groups is 1. The molecule has 1 amide bonds. The van der Waals surface area contributed by atoms with E-state index in [1.165, 1.54) is 30.7 Å². The van der Waals surface area contributed by atoms with Crippen LogP contribution >= 0.6 is 0 Å². The molecule has 0 aliphatic carbocycles. The third-order valence-corrected chi connectivity index (χ3v) is 5.32. The summed E-state index contributed by atoms with van der Waals surface area (Å²) in [6.45, 7) is 0. The van der Waals surface area contributed by atoms with Gasteiger partial charge in [-0.25, -0.2) is 5.43 Å². The summed E-state index contributed by atoms with van der Waals surface area (Å²) in [5, 5.41) is 3.80. The second-order valence-electron chi connectivity index (χ2n) is 6.64. The average Bonchev–Trinajstić information content (AvgIpc) is 3.24. The van der Waals surface area contributed by atoms with Crippen molar-refractivity contribution < 1.29 is 35.4 Å². The first-order valence-electron chi connectivity index (χ1n) is 9.18. The van der Waals surface area contributed by atoms with E-state index >= 15 is 0 Å². The van der Waals surface area contributed by atoms with Crippen LogP contribution in [0.25, 0.3) is 11.1 Å². The minimum Gasteiger partial charge on any atom is -0.469 e. The van der Waals surface area contributed by atoms with Crippen molar-refractivity contribution in [3.63, 3.8) is 0 Å². The van der Waals surface area contributed by atoms with Crippen molar-refractivity contribution >= 4 is 22.2 Å². The number of aryl methyl sites for hydroxylation is 1. The Labute approximate surface area is 181 Å². The van der Waals surface area contributed by atoms with E-state index < -0.39 is 32.7 Å². The van der Waals surface area contributed by atoms with Gasteiger partial charge in [-0.3, -0.25) is 9.35 Å². The van der Waals surface area contributed by atoms with Gasteiger partial charge in [-0.15, -0.1) is 0 Å². The van der Waals surface area contributed by atoms with Crippen molar-refractivity contribution in [3.8, 4) is 11.1 Å². The second-order valence-corrected chi connectivity index (χ2v) is 8.03. The van der Waals surface area contributed by atoms with Gasteiger partial charge in [0.1, 0.15) is 10.7 Å². The minimum atomic E-state index is -4.81. The first-order valence-corrected chi connectivity index (χ1v) is 10.6. The Morgan fingerprint density at radius 3 is 2.50 bits per heavy atom. The molecular formula is C21H17F3N2O5S. The zero-order valence-electron chi connectivity index (χ0n) is 16.3. The first kappa shape index (κ1) is 23.2. The molecule has 11 heteroatoms. The lowest BCUT2D eigenvalue weighted by atomic mass is 9.98. The van der Waals surface area contributed by atoms with Gasteiger partial charge in [0.05, 0.1) is 18.0 Å². The van der Waals surface area contributed by atoms with Crippen LogP contribution in [0.4, 0.5) is 13.2 Å². The smallest absolute Gasteiger partial charge is 0.416 e. The third kappa shape index (κ3) is 5.83. The van der Waals surface area contributed by atoms with Gasteiger partial charge in [0.2, 0.25) is 5.91 Å². The van der Waals surface area contributed by atoms with E-state index in [2.05, 4.69) is 10.5 Å². The summed E-state index contributed by atoms with van der Waals surface area (Å²) < 4.78 is 77.7. The van der Waals surface area contributed by atoms with E-state index in [1.54, 1.807) is 18.2 Å². The zero-order valence-corrected chi connectivity index (χ0v) is 17.2. The Morgan fingerprint density at radius 1 is 1.09 bits per heavy atom. The topological polar surface area (TPSA) is 109 Å². The van der Waals surface area contributed by atoms with Crippen LogP contribution in [0.5, 0.6) is 0 Å². The number of amides is 1. The molecule has 168 valence electrons. The van der Waals surface area contributed by atoms with Crippen LogP contribution in [0.1, 0.15) is 23.3 Å². The molecule has 3 rings (SSSR count). The van der Waals surface area contributed by atoms with Gasteiger partial charge in [0.25, 0.3) is 10.1 Å². The van der Waals surface area contributed by atoms with E-state index in [-0.39, 0.29) is 23.1 Å². The van der Waals surface area contributed by atoms with Crippen LogP contribution in [0.15, 0.2) is 75.3 Å². The molecule has 0 saturated heterocycles. The lowest BCUT2D eigenvalue weighted by molar-refractivity contribution is -0.137. The molecule has 0 aliphatic heterocycles. The third-order valence-electron chi connectivity index (χ3n) is 4.41. The Hall–Kier alpha value is -3.44. The molecule has 1 heterocycles. The molecule has 0 bridgehead atoms. The van der Waals surface area contributed by atoms with Gasteiger partial charge in [0.15, 0.2) is 0 Å². The van der Waals surface area contributed by atoms with Gasteiger partial charge in [-0.2, -0.15) is 26.7 Å². The van der Waals surface area contributed by atoms with Gasteiger partial charge in [-0.05, 0) is 35.9 Å². The number of alkyl halides is 3. The highest BCUT2D eigenvalue weighted by Crippen LogP contribution is 2.36. The molecule has 0 unspecified atom stereocenters. The van der Waals surface area contributed by atoms with Gasteiger partial charge in [-0.1, -0.05) is 24.3 Å². The molecule has 32 heavy (non-hydrogen) atoms. The summed E-state index contributed by atoms with van der Waals surface area (Å²) in [7, 11) is -4.81. The Balaban J connectivity index is 1.89. The SMILES string of the molecule is O=C(CCc1ccco1)N/N=C/c1ccccc1-c1cc(C(F)(F)F)ccc1S(=O)(=O)O. The predicted molar refractivity (Wildman–Crippen MR) is 109 cm³/mol. The summed E-state index contributed by atoms with van der Waals surface area (Å²) in [4.78, 5) is 11.2. The number of nitrogens with one attached hydrogen (secondary N) is 1. The van der Waals surface area contributed by atoms with Crippen molar-refractivity contribution in [2.24, 2.45) is 5.10 Å². The number of rotatable bonds is 7. The van der Waals surface area contributed by atoms with Crippen molar-refractivity contribution in [1.82, 2.24) is 5.43 Å². The van der Waals surface area contributed by atoms with E-state index in [0.29, 0.717) is 30.4 Å². The van der Waals surface area contributed by atoms with Crippen LogP contribution in [-0.4, -0.2) is 25.1 Å². The zero-order chi connectivity index (χ0) is 23.4. The maximum Gasteiger partial charge on any atom is 0.416 e. The fourth-order valence-electron chi connectivity index (χ4n) is 2.92. The number of hydrazone groups is 1. The predicted octanol–water partition coefficient (Wildman–Crippen LogP) is 4.30. The Bertz CT molecular complexity index is 1240. The van der Waals surface area contributed by atoms with E-state index in [9.17, 15) is 30.9 Å². The lowest BCUT2D eigenvalue weighted by Gasteiger charge is -2.14. The Morgan fingerprint density at radius 2 is 1.84 bits per heavy atom. The van der Waals surface area contributed by atoms with Crippen molar-refractivity contribution in [3.05, 3.63) is 77.7 Å². The van der Waals surface area contributed by atoms with Gasteiger partial charge >= 0.3 is 6.18 Å². The van der Waals surface area contributed by atoms with E-state index in [0.717, 1.165) is 0 Å². The highest BCUT2D eigenvalue weighted by molar-refractivity contribution is 7.86. The quantitative estimate of drug-likeness (QED) is 0.307. The molecule has 1 aromatic heterocycles. The molecule has 0 aliphatic rings. The second kappa shape index (κ2) is 9.37. The molecule has 0 fully saturated rings. The van der Waals surface area contributed by atoms with Crippen LogP contribution in [-0.2, 0) is 27.5 Å². The molecule has 0 atom stereocenters. The van der Waals surface area contributed by atoms with Crippen LogP contribution in [0, 0.1) is 0 Å². The lowest BCUT2D eigenvalue weighted by Crippen LogP contribution is -2.17. The summed E-state index contributed by atoms with van der Waals surface area (Å²) in [6.07, 6.45) is -1.62. The molecule has 2 aromatic carbocycles.